The molecule has 0 aliphatic carbocycles. The van der Waals surface area contributed by atoms with Gasteiger partial charge in [-0.25, -0.2) is 9.18 Å². The molecular formula is C16H16FNO2. The van der Waals surface area contributed by atoms with Gasteiger partial charge in [0.05, 0.1) is 6.04 Å². The monoisotopic (exact) mass is 273 g/mol. The van der Waals surface area contributed by atoms with E-state index in [1.165, 1.54) is 17.0 Å². The lowest BCUT2D eigenvalue weighted by atomic mass is 10.1. The van der Waals surface area contributed by atoms with Crippen LogP contribution >= 0.6 is 0 Å². The predicted molar refractivity (Wildman–Crippen MR) is 75.0 cm³/mol. The zero-order chi connectivity index (χ0) is 14.5. The van der Waals surface area contributed by atoms with E-state index in [2.05, 4.69) is 0 Å². The molecule has 1 amide bonds. The molecule has 3 nitrogen and oxygen atoms in total. The summed E-state index contributed by atoms with van der Waals surface area (Å²) in [4.78, 5) is 13.5. The van der Waals surface area contributed by atoms with E-state index in [-0.39, 0.29) is 11.9 Å². The summed E-state index contributed by atoms with van der Waals surface area (Å²) in [7, 11) is 1.65. The molecule has 104 valence electrons. The summed E-state index contributed by atoms with van der Waals surface area (Å²) in [6, 6.07) is 14.7. The topological polar surface area (TPSA) is 29.5 Å². The minimum absolute atomic E-state index is 0.202. The maximum Gasteiger partial charge on any atom is 0.415 e. The lowest BCUT2D eigenvalue weighted by Gasteiger charge is -2.24. The number of nitrogens with zero attached hydrogens (tertiary/aromatic N) is 1. The molecule has 0 radical (unpaired) electrons. The van der Waals surface area contributed by atoms with Crippen molar-refractivity contribution < 1.29 is 13.9 Å². The van der Waals surface area contributed by atoms with E-state index in [9.17, 15) is 9.18 Å². The number of benzene rings is 2. The van der Waals surface area contributed by atoms with Crippen molar-refractivity contribution >= 4 is 6.09 Å². The average Bonchev–Trinajstić information content (AvgIpc) is 2.47. The summed E-state index contributed by atoms with van der Waals surface area (Å²) in [5.41, 5.74) is 0.846. The van der Waals surface area contributed by atoms with Crippen molar-refractivity contribution in [3.8, 4) is 5.75 Å². The van der Waals surface area contributed by atoms with Gasteiger partial charge in [-0.15, -0.1) is 0 Å². The molecule has 0 bridgehead atoms. The van der Waals surface area contributed by atoms with Gasteiger partial charge >= 0.3 is 6.09 Å². The zero-order valence-electron chi connectivity index (χ0n) is 11.4. The van der Waals surface area contributed by atoms with Crippen LogP contribution < -0.4 is 4.74 Å². The van der Waals surface area contributed by atoms with E-state index in [0.717, 1.165) is 5.56 Å². The number of para-hydroxylation sites is 1. The smallest absolute Gasteiger partial charge is 0.410 e. The molecule has 2 rings (SSSR count). The minimum atomic E-state index is -0.451. The molecule has 2 aromatic carbocycles. The molecule has 0 fully saturated rings. The van der Waals surface area contributed by atoms with Crippen molar-refractivity contribution in [3.63, 3.8) is 0 Å². The van der Waals surface area contributed by atoms with E-state index in [1.54, 1.807) is 43.4 Å². The van der Waals surface area contributed by atoms with Crippen LogP contribution in [0, 0.1) is 5.82 Å². The summed E-state index contributed by atoms with van der Waals surface area (Å²) in [6.07, 6.45) is -0.451. The number of rotatable bonds is 3. The first kappa shape index (κ1) is 14.1. The van der Waals surface area contributed by atoms with Crippen LogP contribution in [0.15, 0.2) is 54.6 Å². The van der Waals surface area contributed by atoms with Gasteiger partial charge in [0.15, 0.2) is 0 Å². The lowest BCUT2D eigenvalue weighted by molar-refractivity contribution is 0.149. The first-order valence-electron chi connectivity index (χ1n) is 6.33. The average molecular weight is 273 g/mol. The molecule has 1 atom stereocenters. The third-order valence-corrected chi connectivity index (χ3v) is 3.17. The van der Waals surface area contributed by atoms with E-state index >= 15 is 0 Å². The van der Waals surface area contributed by atoms with Gasteiger partial charge in [-0.3, -0.25) is 0 Å². The highest BCUT2D eigenvalue weighted by Gasteiger charge is 2.19. The number of amides is 1. The molecule has 2 aromatic rings. The van der Waals surface area contributed by atoms with Crippen LogP contribution in [0.4, 0.5) is 9.18 Å². The molecular weight excluding hydrogens is 257 g/mol. The summed E-state index contributed by atoms with van der Waals surface area (Å²) in [6.45, 7) is 1.86. The van der Waals surface area contributed by atoms with Gasteiger partial charge in [0.25, 0.3) is 0 Å². The SMILES string of the molecule is CC(c1ccc(F)cc1)N(C)C(=O)Oc1ccccc1. The number of ether oxygens (including phenoxy) is 1. The number of carbonyl (C=O) groups excluding carboxylic acids is 1. The van der Waals surface area contributed by atoms with E-state index < -0.39 is 6.09 Å². The Hall–Kier alpha value is -2.36. The molecule has 0 heterocycles. The molecule has 0 N–H and O–H groups in total. The number of carbonyl (C=O) groups is 1. The molecule has 0 aliphatic rings. The maximum atomic E-state index is 12.9. The Bertz CT molecular complexity index is 569. The van der Waals surface area contributed by atoms with Gasteiger partial charge in [0.2, 0.25) is 0 Å². The van der Waals surface area contributed by atoms with Gasteiger partial charge in [-0.2, -0.15) is 0 Å². The highest BCUT2D eigenvalue weighted by atomic mass is 19.1. The van der Waals surface area contributed by atoms with Crippen molar-refractivity contribution in [2.24, 2.45) is 0 Å². The number of hydrogen-bond donors (Lipinski definition) is 0. The lowest BCUT2D eigenvalue weighted by Crippen LogP contribution is -2.32. The van der Waals surface area contributed by atoms with Gasteiger partial charge in [0.1, 0.15) is 11.6 Å². The molecule has 0 saturated carbocycles. The van der Waals surface area contributed by atoms with E-state index in [4.69, 9.17) is 4.74 Å². The highest BCUT2D eigenvalue weighted by molar-refractivity contribution is 5.70. The normalized spacial score (nSPS) is 11.8. The predicted octanol–water partition coefficient (Wildman–Crippen LogP) is 4.02. The molecule has 20 heavy (non-hydrogen) atoms. The van der Waals surface area contributed by atoms with Crippen molar-refractivity contribution in [2.75, 3.05) is 7.05 Å². The van der Waals surface area contributed by atoms with Crippen molar-refractivity contribution in [2.45, 2.75) is 13.0 Å². The Kier molecular flexibility index (Phi) is 4.35. The van der Waals surface area contributed by atoms with Gasteiger partial charge in [-0.1, -0.05) is 30.3 Å². The van der Waals surface area contributed by atoms with Crippen LogP contribution in [0.25, 0.3) is 0 Å². The largest absolute Gasteiger partial charge is 0.415 e. The Morgan fingerprint density at radius 3 is 2.30 bits per heavy atom. The van der Waals surface area contributed by atoms with Crippen molar-refractivity contribution in [1.82, 2.24) is 4.90 Å². The Balaban J connectivity index is 2.04. The van der Waals surface area contributed by atoms with Gasteiger partial charge < -0.3 is 9.64 Å². The Morgan fingerprint density at radius 1 is 1.10 bits per heavy atom. The second-order valence-corrected chi connectivity index (χ2v) is 4.52. The van der Waals surface area contributed by atoms with Crippen LogP contribution in [0.3, 0.4) is 0 Å². The fourth-order valence-corrected chi connectivity index (χ4v) is 1.78. The third-order valence-electron chi connectivity index (χ3n) is 3.17. The van der Waals surface area contributed by atoms with Gasteiger partial charge in [-0.05, 0) is 36.8 Å². The summed E-state index contributed by atoms with van der Waals surface area (Å²) in [5.74, 6) is 0.200. The molecule has 0 aliphatic heterocycles. The zero-order valence-corrected chi connectivity index (χ0v) is 11.4. The number of halogens is 1. The quantitative estimate of drug-likeness (QED) is 0.845. The number of hydrogen-bond acceptors (Lipinski definition) is 2. The standard InChI is InChI=1S/C16H16FNO2/c1-12(13-8-10-14(17)11-9-13)18(2)16(19)20-15-6-4-3-5-7-15/h3-12H,1-2H3. The van der Waals surface area contributed by atoms with Crippen LogP contribution in [0.5, 0.6) is 5.75 Å². The second-order valence-electron chi connectivity index (χ2n) is 4.52. The van der Waals surface area contributed by atoms with Crippen LogP contribution in [-0.2, 0) is 0 Å². The summed E-state index contributed by atoms with van der Waals surface area (Å²) >= 11 is 0. The van der Waals surface area contributed by atoms with Crippen molar-refractivity contribution in [3.05, 3.63) is 66.0 Å². The maximum absolute atomic E-state index is 12.9. The molecule has 1 unspecified atom stereocenters. The Morgan fingerprint density at radius 2 is 1.70 bits per heavy atom. The first-order chi connectivity index (χ1) is 9.58. The van der Waals surface area contributed by atoms with Crippen LogP contribution in [-0.4, -0.2) is 18.0 Å². The first-order valence-corrected chi connectivity index (χ1v) is 6.33. The fraction of sp³-hybridized carbons (Fsp3) is 0.188. The highest BCUT2D eigenvalue weighted by Crippen LogP contribution is 2.20. The van der Waals surface area contributed by atoms with E-state index in [1.807, 2.05) is 13.0 Å². The molecule has 0 aromatic heterocycles. The third kappa shape index (κ3) is 3.35. The van der Waals surface area contributed by atoms with E-state index in [0.29, 0.717) is 5.75 Å². The Labute approximate surface area is 117 Å². The summed E-state index contributed by atoms with van der Waals surface area (Å²) < 4.78 is 18.1. The second kappa shape index (κ2) is 6.19. The van der Waals surface area contributed by atoms with Crippen LogP contribution in [0.1, 0.15) is 18.5 Å². The minimum Gasteiger partial charge on any atom is -0.410 e. The summed E-state index contributed by atoms with van der Waals surface area (Å²) in [5, 5.41) is 0. The van der Waals surface area contributed by atoms with Crippen molar-refractivity contribution in [1.29, 1.82) is 0 Å². The fourth-order valence-electron chi connectivity index (χ4n) is 1.78. The molecule has 4 heteroatoms. The van der Waals surface area contributed by atoms with Gasteiger partial charge in [0, 0.05) is 7.05 Å². The molecule has 0 spiro atoms. The molecule has 0 saturated heterocycles. The van der Waals surface area contributed by atoms with Crippen LogP contribution in [0.2, 0.25) is 0 Å².